The predicted octanol–water partition coefficient (Wildman–Crippen LogP) is 1.80. The molecule has 1 rings (SSSR count). The molecule has 3 heteroatoms. The van der Waals surface area contributed by atoms with Crippen molar-refractivity contribution in [2.24, 2.45) is 0 Å². The van der Waals surface area contributed by atoms with E-state index in [-0.39, 0.29) is 5.91 Å². The maximum atomic E-state index is 10.8. The standard InChI is InChI=1S/C12H18N2O/c1-3-13-9-8-11-4-6-12(7-5-11)14-10(2)15/h4-7,13H,3,8-9H2,1-2H3,(H,14,15). The number of nitrogens with one attached hydrogen (secondary N) is 2. The Hall–Kier alpha value is -1.35. The molecule has 0 aliphatic carbocycles. The maximum absolute atomic E-state index is 10.8. The third-order valence-electron chi connectivity index (χ3n) is 2.11. The number of rotatable bonds is 5. The highest BCUT2D eigenvalue weighted by atomic mass is 16.1. The molecule has 0 atom stereocenters. The van der Waals surface area contributed by atoms with Crippen LogP contribution in [0.4, 0.5) is 5.69 Å². The lowest BCUT2D eigenvalue weighted by Gasteiger charge is -2.04. The third-order valence-corrected chi connectivity index (χ3v) is 2.11. The molecule has 0 heterocycles. The molecule has 2 N–H and O–H groups in total. The first kappa shape index (κ1) is 11.7. The lowest BCUT2D eigenvalue weighted by molar-refractivity contribution is -0.114. The first-order valence-electron chi connectivity index (χ1n) is 5.29. The minimum Gasteiger partial charge on any atom is -0.326 e. The topological polar surface area (TPSA) is 41.1 Å². The van der Waals surface area contributed by atoms with E-state index in [4.69, 9.17) is 0 Å². The number of benzene rings is 1. The fourth-order valence-electron chi connectivity index (χ4n) is 1.37. The number of hydrogen-bond acceptors (Lipinski definition) is 2. The number of carbonyl (C=O) groups is 1. The number of likely N-dealkylation sites (N-methyl/N-ethyl adjacent to an activating group) is 1. The van der Waals surface area contributed by atoms with Gasteiger partial charge in [0.25, 0.3) is 0 Å². The largest absolute Gasteiger partial charge is 0.326 e. The molecular formula is C12H18N2O. The summed E-state index contributed by atoms with van der Waals surface area (Å²) in [7, 11) is 0. The van der Waals surface area contributed by atoms with Crippen molar-refractivity contribution in [2.45, 2.75) is 20.3 Å². The van der Waals surface area contributed by atoms with E-state index in [1.54, 1.807) is 0 Å². The molecule has 15 heavy (non-hydrogen) atoms. The number of carbonyl (C=O) groups excluding carboxylic acids is 1. The van der Waals surface area contributed by atoms with E-state index in [1.165, 1.54) is 12.5 Å². The number of amides is 1. The van der Waals surface area contributed by atoms with Crippen LogP contribution in [-0.2, 0) is 11.2 Å². The molecule has 0 saturated heterocycles. The van der Waals surface area contributed by atoms with Crippen LogP contribution in [-0.4, -0.2) is 19.0 Å². The Labute approximate surface area is 90.9 Å². The summed E-state index contributed by atoms with van der Waals surface area (Å²) in [5, 5.41) is 6.02. The average molecular weight is 206 g/mol. The fraction of sp³-hybridized carbons (Fsp3) is 0.417. The van der Waals surface area contributed by atoms with Crippen LogP contribution >= 0.6 is 0 Å². The highest BCUT2D eigenvalue weighted by molar-refractivity contribution is 5.88. The molecule has 0 bridgehead atoms. The van der Waals surface area contributed by atoms with E-state index in [0.717, 1.165) is 25.2 Å². The molecule has 1 aromatic carbocycles. The summed E-state index contributed by atoms with van der Waals surface area (Å²) in [6, 6.07) is 7.95. The van der Waals surface area contributed by atoms with Gasteiger partial charge in [0.15, 0.2) is 0 Å². The second-order valence-corrected chi connectivity index (χ2v) is 3.48. The summed E-state index contributed by atoms with van der Waals surface area (Å²) in [4.78, 5) is 10.8. The Kier molecular flexibility index (Phi) is 4.84. The summed E-state index contributed by atoms with van der Waals surface area (Å²) in [6.07, 6.45) is 1.02. The SMILES string of the molecule is CCNCCc1ccc(NC(C)=O)cc1. The van der Waals surface area contributed by atoms with Crippen molar-refractivity contribution in [2.75, 3.05) is 18.4 Å². The van der Waals surface area contributed by atoms with Crippen LogP contribution in [0.1, 0.15) is 19.4 Å². The Bertz CT molecular complexity index is 306. The van der Waals surface area contributed by atoms with Crippen LogP contribution in [0.2, 0.25) is 0 Å². The molecule has 3 nitrogen and oxygen atoms in total. The van der Waals surface area contributed by atoms with Crippen molar-refractivity contribution in [3.05, 3.63) is 29.8 Å². The van der Waals surface area contributed by atoms with Crippen LogP contribution in [0.3, 0.4) is 0 Å². The Balaban J connectivity index is 2.45. The summed E-state index contributed by atoms with van der Waals surface area (Å²) in [5.74, 6) is -0.0320. The molecule has 0 aliphatic rings. The van der Waals surface area contributed by atoms with Crippen molar-refractivity contribution in [3.63, 3.8) is 0 Å². The maximum Gasteiger partial charge on any atom is 0.221 e. The zero-order valence-electron chi connectivity index (χ0n) is 9.34. The van der Waals surface area contributed by atoms with Gasteiger partial charge in [-0.25, -0.2) is 0 Å². The quantitative estimate of drug-likeness (QED) is 0.721. The fourth-order valence-corrected chi connectivity index (χ4v) is 1.37. The average Bonchev–Trinajstić information content (AvgIpc) is 2.20. The van der Waals surface area contributed by atoms with Gasteiger partial charge in [0.05, 0.1) is 0 Å². The normalized spacial score (nSPS) is 10.0. The summed E-state index contributed by atoms with van der Waals surface area (Å²) in [5.41, 5.74) is 2.14. The van der Waals surface area contributed by atoms with Gasteiger partial charge in [0.1, 0.15) is 0 Å². The van der Waals surface area contributed by atoms with Gasteiger partial charge in [-0.05, 0) is 37.2 Å². The van der Waals surface area contributed by atoms with E-state index in [2.05, 4.69) is 17.6 Å². The van der Waals surface area contributed by atoms with Gasteiger partial charge in [-0.15, -0.1) is 0 Å². The van der Waals surface area contributed by atoms with E-state index in [0.29, 0.717) is 0 Å². The molecule has 82 valence electrons. The highest BCUT2D eigenvalue weighted by Gasteiger charge is 1.96. The smallest absolute Gasteiger partial charge is 0.221 e. The van der Waals surface area contributed by atoms with Crippen LogP contribution in [0.25, 0.3) is 0 Å². The van der Waals surface area contributed by atoms with Crippen molar-refractivity contribution in [3.8, 4) is 0 Å². The predicted molar refractivity (Wildman–Crippen MR) is 63.0 cm³/mol. The number of anilines is 1. The summed E-state index contributed by atoms with van der Waals surface area (Å²) in [6.45, 7) is 5.61. The molecule has 0 fully saturated rings. The van der Waals surface area contributed by atoms with E-state index < -0.39 is 0 Å². The van der Waals surface area contributed by atoms with Gasteiger partial charge in [0.2, 0.25) is 5.91 Å². The minimum atomic E-state index is -0.0320. The zero-order valence-corrected chi connectivity index (χ0v) is 9.34. The Morgan fingerprint density at radius 2 is 1.93 bits per heavy atom. The van der Waals surface area contributed by atoms with E-state index in [1.807, 2.05) is 24.3 Å². The van der Waals surface area contributed by atoms with Crippen molar-refractivity contribution in [1.29, 1.82) is 0 Å². The molecule has 0 spiro atoms. The van der Waals surface area contributed by atoms with Crippen LogP contribution in [0, 0.1) is 0 Å². The molecule has 0 aromatic heterocycles. The van der Waals surface area contributed by atoms with Crippen LogP contribution < -0.4 is 10.6 Å². The minimum absolute atomic E-state index is 0.0320. The summed E-state index contributed by atoms with van der Waals surface area (Å²) < 4.78 is 0. The van der Waals surface area contributed by atoms with Crippen LogP contribution in [0.5, 0.6) is 0 Å². The van der Waals surface area contributed by atoms with E-state index >= 15 is 0 Å². The van der Waals surface area contributed by atoms with Gasteiger partial charge in [-0.2, -0.15) is 0 Å². The molecule has 0 unspecified atom stereocenters. The molecule has 0 radical (unpaired) electrons. The van der Waals surface area contributed by atoms with Crippen molar-refractivity contribution >= 4 is 11.6 Å². The molecule has 0 aliphatic heterocycles. The Morgan fingerprint density at radius 3 is 2.47 bits per heavy atom. The third kappa shape index (κ3) is 4.61. The van der Waals surface area contributed by atoms with Gasteiger partial charge in [0, 0.05) is 12.6 Å². The molecule has 1 aromatic rings. The lowest BCUT2D eigenvalue weighted by Crippen LogP contribution is -2.16. The van der Waals surface area contributed by atoms with Crippen molar-refractivity contribution in [1.82, 2.24) is 5.32 Å². The van der Waals surface area contributed by atoms with Gasteiger partial charge >= 0.3 is 0 Å². The van der Waals surface area contributed by atoms with Crippen LogP contribution in [0.15, 0.2) is 24.3 Å². The molecule has 1 amide bonds. The first-order chi connectivity index (χ1) is 7.22. The van der Waals surface area contributed by atoms with Gasteiger partial charge < -0.3 is 10.6 Å². The monoisotopic (exact) mass is 206 g/mol. The summed E-state index contributed by atoms with van der Waals surface area (Å²) >= 11 is 0. The lowest BCUT2D eigenvalue weighted by atomic mass is 10.1. The van der Waals surface area contributed by atoms with Gasteiger partial charge in [-0.3, -0.25) is 4.79 Å². The molecule has 0 saturated carbocycles. The second-order valence-electron chi connectivity index (χ2n) is 3.48. The van der Waals surface area contributed by atoms with Crippen molar-refractivity contribution < 1.29 is 4.79 Å². The second kappa shape index (κ2) is 6.19. The molecular weight excluding hydrogens is 188 g/mol. The highest BCUT2D eigenvalue weighted by Crippen LogP contribution is 2.09. The first-order valence-corrected chi connectivity index (χ1v) is 5.29. The number of hydrogen-bond donors (Lipinski definition) is 2. The zero-order chi connectivity index (χ0) is 11.1. The van der Waals surface area contributed by atoms with E-state index in [9.17, 15) is 4.79 Å². The Morgan fingerprint density at radius 1 is 1.27 bits per heavy atom. The van der Waals surface area contributed by atoms with Gasteiger partial charge in [-0.1, -0.05) is 19.1 Å².